The van der Waals surface area contributed by atoms with Crippen LogP contribution in [0.3, 0.4) is 0 Å². The molecule has 1 aromatic carbocycles. The second-order valence-corrected chi connectivity index (χ2v) is 4.38. The first kappa shape index (κ1) is 15.0. The lowest BCUT2D eigenvalue weighted by Crippen LogP contribution is -2.19. The van der Waals surface area contributed by atoms with Crippen molar-refractivity contribution >= 4 is 0 Å². The summed E-state index contributed by atoms with van der Waals surface area (Å²) in [6.45, 7) is 8.72. The summed E-state index contributed by atoms with van der Waals surface area (Å²) in [5, 5.41) is 3.49. The molecule has 1 unspecified atom stereocenters. The molecule has 0 aromatic heterocycles. The SMILES string of the molecule is CCCNC(C)c1ccc(OC)c(COCC)c1. The summed E-state index contributed by atoms with van der Waals surface area (Å²) in [6, 6.07) is 6.66. The first-order valence-corrected chi connectivity index (χ1v) is 6.70. The minimum absolute atomic E-state index is 0.358. The molecule has 0 amide bonds. The molecule has 0 saturated heterocycles. The van der Waals surface area contributed by atoms with Crippen molar-refractivity contribution < 1.29 is 9.47 Å². The molecule has 1 atom stereocenters. The van der Waals surface area contributed by atoms with E-state index in [1.54, 1.807) is 7.11 Å². The maximum Gasteiger partial charge on any atom is 0.124 e. The van der Waals surface area contributed by atoms with E-state index in [4.69, 9.17) is 9.47 Å². The van der Waals surface area contributed by atoms with Crippen LogP contribution in [-0.4, -0.2) is 20.3 Å². The van der Waals surface area contributed by atoms with E-state index in [-0.39, 0.29) is 0 Å². The van der Waals surface area contributed by atoms with Gasteiger partial charge in [0.1, 0.15) is 5.75 Å². The summed E-state index contributed by atoms with van der Waals surface area (Å²) in [6.07, 6.45) is 1.15. The fraction of sp³-hybridized carbons (Fsp3) is 0.600. The average molecular weight is 251 g/mol. The fourth-order valence-electron chi connectivity index (χ4n) is 1.87. The van der Waals surface area contributed by atoms with Gasteiger partial charge in [0.2, 0.25) is 0 Å². The molecule has 3 nitrogen and oxygen atoms in total. The van der Waals surface area contributed by atoms with Crippen LogP contribution in [0.5, 0.6) is 5.75 Å². The van der Waals surface area contributed by atoms with Crippen LogP contribution in [0.4, 0.5) is 0 Å². The molecule has 3 heteroatoms. The highest BCUT2D eigenvalue weighted by molar-refractivity contribution is 5.38. The van der Waals surface area contributed by atoms with Gasteiger partial charge < -0.3 is 14.8 Å². The number of nitrogens with one attached hydrogen (secondary N) is 1. The number of hydrogen-bond acceptors (Lipinski definition) is 3. The Bertz CT molecular complexity index is 352. The molecule has 1 rings (SSSR count). The lowest BCUT2D eigenvalue weighted by molar-refractivity contribution is 0.132. The van der Waals surface area contributed by atoms with Gasteiger partial charge in [-0.15, -0.1) is 0 Å². The van der Waals surface area contributed by atoms with Crippen molar-refractivity contribution in [3.05, 3.63) is 29.3 Å². The van der Waals surface area contributed by atoms with E-state index in [9.17, 15) is 0 Å². The monoisotopic (exact) mass is 251 g/mol. The lowest BCUT2D eigenvalue weighted by Gasteiger charge is -2.16. The lowest BCUT2D eigenvalue weighted by atomic mass is 10.0. The van der Waals surface area contributed by atoms with E-state index >= 15 is 0 Å². The standard InChI is InChI=1S/C15H25NO2/c1-5-9-16-12(3)13-7-8-15(17-4)14(10-13)11-18-6-2/h7-8,10,12,16H,5-6,9,11H2,1-4H3. The molecule has 1 aromatic rings. The molecular formula is C15H25NO2. The largest absolute Gasteiger partial charge is 0.496 e. The van der Waals surface area contributed by atoms with E-state index < -0.39 is 0 Å². The Morgan fingerprint density at radius 3 is 2.67 bits per heavy atom. The summed E-state index contributed by atoms with van der Waals surface area (Å²) in [5.74, 6) is 0.898. The second-order valence-electron chi connectivity index (χ2n) is 4.38. The Kier molecular flexibility index (Phi) is 6.76. The van der Waals surface area contributed by atoms with Gasteiger partial charge in [-0.1, -0.05) is 13.0 Å². The van der Waals surface area contributed by atoms with Gasteiger partial charge in [-0.05, 0) is 44.5 Å². The Hall–Kier alpha value is -1.06. The van der Waals surface area contributed by atoms with E-state index in [2.05, 4.69) is 31.3 Å². The predicted octanol–water partition coefficient (Wildman–Crippen LogP) is 3.29. The van der Waals surface area contributed by atoms with Crippen LogP contribution in [0.1, 0.15) is 44.4 Å². The molecule has 0 spiro atoms. The number of benzene rings is 1. The Morgan fingerprint density at radius 2 is 2.06 bits per heavy atom. The van der Waals surface area contributed by atoms with E-state index in [1.165, 1.54) is 5.56 Å². The van der Waals surface area contributed by atoms with Crippen LogP contribution >= 0.6 is 0 Å². The normalized spacial score (nSPS) is 12.4. The maximum absolute atomic E-state index is 5.48. The van der Waals surface area contributed by atoms with Gasteiger partial charge in [-0.25, -0.2) is 0 Å². The summed E-state index contributed by atoms with van der Waals surface area (Å²) in [7, 11) is 1.70. The topological polar surface area (TPSA) is 30.5 Å². The molecule has 102 valence electrons. The van der Waals surface area contributed by atoms with Crippen molar-refractivity contribution in [1.29, 1.82) is 0 Å². The van der Waals surface area contributed by atoms with Crippen LogP contribution in [0.25, 0.3) is 0 Å². The summed E-state index contributed by atoms with van der Waals surface area (Å²) >= 11 is 0. The Balaban J connectivity index is 2.80. The first-order chi connectivity index (χ1) is 8.72. The van der Waals surface area contributed by atoms with Crippen molar-refractivity contribution in [1.82, 2.24) is 5.32 Å². The van der Waals surface area contributed by atoms with E-state index in [1.807, 2.05) is 13.0 Å². The van der Waals surface area contributed by atoms with Crippen molar-refractivity contribution in [3.63, 3.8) is 0 Å². The summed E-state index contributed by atoms with van der Waals surface area (Å²) in [4.78, 5) is 0. The van der Waals surface area contributed by atoms with E-state index in [0.29, 0.717) is 12.6 Å². The van der Waals surface area contributed by atoms with Gasteiger partial charge in [0.25, 0.3) is 0 Å². The van der Waals surface area contributed by atoms with Gasteiger partial charge >= 0.3 is 0 Å². The molecule has 18 heavy (non-hydrogen) atoms. The number of methoxy groups -OCH3 is 1. The third kappa shape index (κ3) is 4.31. The zero-order valence-electron chi connectivity index (χ0n) is 12.0. The quantitative estimate of drug-likeness (QED) is 0.769. The second kappa shape index (κ2) is 8.11. The third-order valence-corrected chi connectivity index (χ3v) is 2.97. The van der Waals surface area contributed by atoms with Gasteiger partial charge in [-0.3, -0.25) is 0 Å². The highest BCUT2D eigenvalue weighted by Crippen LogP contribution is 2.24. The van der Waals surface area contributed by atoms with Crippen LogP contribution in [0.2, 0.25) is 0 Å². The van der Waals surface area contributed by atoms with E-state index in [0.717, 1.165) is 30.9 Å². The third-order valence-electron chi connectivity index (χ3n) is 2.97. The van der Waals surface area contributed by atoms with Gasteiger partial charge in [-0.2, -0.15) is 0 Å². The van der Waals surface area contributed by atoms with Crippen molar-refractivity contribution in [2.75, 3.05) is 20.3 Å². The van der Waals surface area contributed by atoms with Crippen LogP contribution in [-0.2, 0) is 11.3 Å². The first-order valence-electron chi connectivity index (χ1n) is 6.70. The highest BCUT2D eigenvalue weighted by Gasteiger charge is 2.09. The molecular weight excluding hydrogens is 226 g/mol. The Labute approximate surface area is 110 Å². The zero-order chi connectivity index (χ0) is 13.4. The fourth-order valence-corrected chi connectivity index (χ4v) is 1.87. The molecule has 0 aliphatic rings. The highest BCUT2D eigenvalue weighted by atomic mass is 16.5. The van der Waals surface area contributed by atoms with Crippen molar-refractivity contribution in [3.8, 4) is 5.75 Å². The van der Waals surface area contributed by atoms with Crippen LogP contribution in [0, 0.1) is 0 Å². The molecule has 0 heterocycles. The van der Waals surface area contributed by atoms with Crippen LogP contribution < -0.4 is 10.1 Å². The molecule has 0 saturated carbocycles. The molecule has 1 N–H and O–H groups in total. The predicted molar refractivity (Wildman–Crippen MR) is 75.0 cm³/mol. The molecule has 0 bridgehead atoms. The maximum atomic E-state index is 5.48. The van der Waals surface area contributed by atoms with Gasteiger partial charge in [0.15, 0.2) is 0 Å². The molecule has 0 fully saturated rings. The average Bonchev–Trinajstić information content (AvgIpc) is 2.42. The molecule has 0 aliphatic heterocycles. The minimum atomic E-state index is 0.358. The Morgan fingerprint density at radius 1 is 1.28 bits per heavy atom. The van der Waals surface area contributed by atoms with Gasteiger partial charge in [0, 0.05) is 18.2 Å². The zero-order valence-corrected chi connectivity index (χ0v) is 12.0. The number of ether oxygens (including phenoxy) is 2. The van der Waals surface area contributed by atoms with Gasteiger partial charge in [0.05, 0.1) is 13.7 Å². The summed E-state index contributed by atoms with van der Waals surface area (Å²) in [5.41, 5.74) is 2.39. The smallest absolute Gasteiger partial charge is 0.124 e. The molecule has 0 radical (unpaired) electrons. The number of rotatable bonds is 8. The minimum Gasteiger partial charge on any atom is -0.496 e. The van der Waals surface area contributed by atoms with Crippen molar-refractivity contribution in [2.45, 2.75) is 39.8 Å². The summed E-state index contributed by atoms with van der Waals surface area (Å²) < 4.78 is 10.8. The van der Waals surface area contributed by atoms with Crippen molar-refractivity contribution in [2.24, 2.45) is 0 Å². The van der Waals surface area contributed by atoms with Crippen LogP contribution in [0.15, 0.2) is 18.2 Å². The molecule has 0 aliphatic carbocycles. The number of hydrogen-bond donors (Lipinski definition) is 1.